The molecule has 112 valence electrons. The monoisotopic (exact) mass is 292 g/mol. The van der Waals surface area contributed by atoms with Crippen LogP contribution < -0.4 is 0 Å². The van der Waals surface area contributed by atoms with Gasteiger partial charge in [-0.15, -0.1) is 0 Å². The SMILES string of the molecule is CN(CCC(=O)O)S(=O)(=O)N1CCCC(C)(C)CC1. The fourth-order valence-electron chi connectivity index (χ4n) is 2.19. The third-order valence-electron chi connectivity index (χ3n) is 3.66. The molecular formula is C12H24N2O4S. The van der Waals surface area contributed by atoms with Crippen molar-refractivity contribution in [3.05, 3.63) is 0 Å². The quantitative estimate of drug-likeness (QED) is 0.824. The maximum Gasteiger partial charge on any atom is 0.304 e. The Morgan fingerprint density at radius 3 is 2.53 bits per heavy atom. The van der Waals surface area contributed by atoms with Gasteiger partial charge >= 0.3 is 5.97 Å². The van der Waals surface area contributed by atoms with Gasteiger partial charge in [-0.1, -0.05) is 13.8 Å². The summed E-state index contributed by atoms with van der Waals surface area (Å²) >= 11 is 0. The molecule has 1 rings (SSSR count). The predicted octanol–water partition coefficient (Wildman–Crippen LogP) is 1.15. The second-order valence-electron chi connectivity index (χ2n) is 5.89. The summed E-state index contributed by atoms with van der Waals surface area (Å²) in [5.41, 5.74) is 0.171. The van der Waals surface area contributed by atoms with Crippen molar-refractivity contribution in [3.8, 4) is 0 Å². The first kappa shape index (κ1) is 16.4. The van der Waals surface area contributed by atoms with Crippen LogP contribution in [-0.2, 0) is 15.0 Å². The first-order valence-corrected chi connectivity index (χ1v) is 7.98. The van der Waals surface area contributed by atoms with Gasteiger partial charge in [0.2, 0.25) is 0 Å². The van der Waals surface area contributed by atoms with Crippen LogP contribution in [0.5, 0.6) is 0 Å². The van der Waals surface area contributed by atoms with Crippen LogP contribution in [0.4, 0.5) is 0 Å². The first-order valence-electron chi connectivity index (χ1n) is 6.58. The first-order chi connectivity index (χ1) is 8.65. The highest BCUT2D eigenvalue weighted by molar-refractivity contribution is 7.86. The Labute approximate surface area is 115 Å². The highest BCUT2D eigenvalue weighted by Gasteiger charge is 2.31. The molecule has 0 aromatic rings. The van der Waals surface area contributed by atoms with Crippen LogP contribution in [0.1, 0.15) is 39.5 Å². The Bertz CT molecular complexity index is 419. The van der Waals surface area contributed by atoms with Gasteiger partial charge in [-0.2, -0.15) is 17.0 Å². The summed E-state index contributed by atoms with van der Waals surface area (Å²) in [6, 6.07) is 0. The molecule has 0 bridgehead atoms. The van der Waals surface area contributed by atoms with Crippen LogP contribution in [-0.4, -0.2) is 54.8 Å². The third-order valence-corrected chi connectivity index (χ3v) is 5.65. The van der Waals surface area contributed by atoms with E-state index in [0.717, 1.165) is 23.6 Å². The van der Waals surface area contributed by atoms with E-state index in [9.17, 15) is 13.2 Å². The number of carbonyl (C=O) groups is 1. The molecule has 6 nitrogen and oxygen atoms in total. The van der Waals surface area contributed by atoms with Gasteiger partial charge in [-0.25, -0.2) is 0 Å². The summed E-state index contributed by atoms with van der Waals surface area (Å²) in [5, 5.41) is 8.62. The van der Waals surface area contributed by atoms with Gasteiger partial charge in [0.1, 0.15) is 0 Å². The van der Waals surface area contributed by atoms with Crippen molar-refractivity contribution < 1.29 is 18.3 Å². The Kier molecular flexibility index (Phi) is 5.34. The third kappa shape index (κ3) is 4.74. The lowest BCUT2D eigenvalue weighted by Crippen LogP contribution is -2.43. The molecule has 0 spiro atoms. The van der Waals surface area contributed by atoms with Gasteiger partial charge in [0.15, 0.2) is 0 Å². The highest BCUT2D eigenvalue weighted by Crippen LogP contribution is 2.30. The molecule has 0 radical (unpaired) electrons. The molecule has 0 aromatic heterocycles. The van der Waals surface area contributed by atoms with Gasteiger partial charge in [0, 0.05) is 26.7 Å². The zero-order chi connectivity index (χ0) is 14.7. The number of aliphatic carboxylic acids is 1. The van der Waals surface area contributed by atoms with E-state index in [-0.39, 0.29) is 18.4 Å². The van der Waals surface area contributed by atoms with Crippen molar-refractivity contribution in [2.75, 3.05) is 26.7 Å². The average Bonchev–Trinajstić information content (AvgIpc) is 2.47. The zero-order valence-corrected chi connectivity index (χ0v) is 12.7. The van der Waals surface area contributed by atoms with Crippen molar-refractivity contribution in [1.82, 2.24) is 8.61 Å². The number of hydrogen-bond donors (Lipinski definition) is 1. The molecule has 1 N–H and O–H groups in total. The molecule has 0 unspecified atom stereocenters. The summed E-state index contributed by atoms with van der Waals surface area (Å²) in [4.78, 5) is 10.5. The molecule has 0 aromatic carbocycles. The minimum atomic E-state index is -3.53. The summed E-state index contributed by atoms with van der Waals surface area (Å²) in [5.74, 6) is -0.987. The van der Waals surface area contributed by atoms with Crippen LogP contribution in [0, 0.1) is 5.41 Å². The van der Waals surface area contributed by atoms with Crippen molar-refractivity contribution in [2.45, 2.75) is 39.5 Å². The molecule has 0 atom stereocenters. The van der Waals surface area contributed by atoms with E-state index < -0.39 is 16.2 Å². The van der Waals surface area contributed by atoms with Crippen molar-refractivity contribution >= 4 is 16.2 Å². The fraction of sp³-hybridized carbons (Fsp3) is 0.917. The maximum atomic E-state index is 12.3. The maximum absolute atomic E-state index is 12.3. The zero-order valence-electron chi connectivity index (χ0n) is 11.9. The van der Waals surface area contributed by atoms with Crippen LogP contribution in [0.25, 0.3) is 0 Å². The number of carboxylic acids is 1. The molecule has 1 saturated heterocycles. The van der Waals surface area contributed by atoms with E-state index in [1.165, 1.54) is 11.4 Å². The standard InChI is InChI=1S/C12H24N2O4S/c1-12(2)6-4-8-14(10-7-12)19(17,18)13(3)9-5-11(15)16/h4-10H2,1-3H3,(H,15,16). The summed E-state index contributed by atoms with van der Waals surface area (Å²) in [7, 11) is -2.09. The minimum Gasteiger partial charge on any atom is -0.481 e. The number of nitrogens with zero attached hydrogens (tertiary/aromatic N) is 2. The lowest BCUT2D eigenvalue weighted by atomic mass is 9.85. The molecule has 0 saturated carbocycles. The van der Waals surface area contributed by atoms with E-state index >= 15 is 0 Å². The average molecular weight is 292 g/mol. The lowest BCUT2D eigenvalue weighted by molar-refractivity contribution is -0.137. The Balaban J connectivity index is 2.68. The smallest absolute Gasteiger partial charge is 0.304 e. The molecule has 1 aliphatic rings. The Morgan fingerprint density at radius 2 is 1.95 bits per heavy atom. The van der Waals surface area contributed by atoms with Crippen LogP contribution >= 0.6 is 0 Å². The molecule has 7 heteroatoms. The van der Waals surface area contributed by atoms with E-state index in [4.69, 9.17) is 5.11 Å². The molecule has 19 heavy (non-hydrogen) atoms. The normalized spacial score (nSPS) is 21.3. The lowest BCUT2D eigenvalue weighted by Gasteiger charge is -2.27. The van der Waals surface area contributed by atoms with Crippen molar-refractivity contribution in [3.63, 3.8) is 0 Å². The van der Waals surface area contributed by atoms with Crippen LogP contribution in [0.3, 0.4) is 0 Å². The van der Waals surface area contributed by atoms with Gasteiger partial charge < -0.3 is 5.11 Å². The van der Waals surface area contributed by atoms with Gasteiger partial charge in [-0.3, -0.25) is 4.79 Å². The summed E-state index contributed by atoms with van der Waals surface area (Å²) in [6.45, 7) is 5.34. The van der Waals surface area contributed by atoms with Crippen LogP contribution in [0.2, 0.25) is 0 Å². The fourth-order valence-corrected chi connectivity index (χ4v) is 3.59. The van der Waals surface area contributed by atoms with E-state index in [1.54, 1.807) is 0 Å². The number of hydrogen-bond acceptors (Lipinski definition) is 3. The largest absolute Gasteiger partial charge is 0.481 e. The number of rotatable bonds is 5. The van der Waals surface area contributed by atoms with Crippen molar-refractivity contribution in [2.24, 2.45) is 5.41 Å². The molecular weight excluding hydrogens is 268 g/mol. The van der Waals surface area contributed by atoms with Crippen molar-refractivity contribution in [1.29, 1.82) is 0 Å². The van der Waals surface area contributed by atoms with E-state index in [0.29, 0.717) is 13.1 Å². The molecule has 1 heterocycles. The number of carboxylic acid groups (broad SMARTS) is 1. The van der Waals surface area contributed by atoms with E-state index in [2.05, 4.69) is 13.8 Å². The summed E-state index contributed by atoms with van der Waals surface area (Å²) in [6.07, 6.45) is 2.52. The van der Waals surface area contributed by atoms with Gasteiger partial charge in [0.05, 0.1) is 6.42 Å². The predicted molar refractivity (Wildman–Crippen MR) is 73.0 cm³/mol. The highest BCUT2D eigenvalue weighted by atomic mass is 32.2. The second-order valence-corrected chi connectivity index (χ2v) is 7.93. The Hall–Kier alpha value is -0.660. The molecule has 0 aliphatic carbocycles. The topological polar surface area (TPSA) is 77.9 Å². The van der Waals surface area contributed by atoms with Crippen LogP contribution in [0.15, 0.2) is 0 Å². The minimum absolute atomic E-state index is 0.0115. The summed E-state index contributed by atoms with van der Waals surface area (Å²) < 4.78 is 27.3. The van der Waals surface area contributed by atoms with Gasteiger partial charge in [-0.05, 0) is 24.7 Å². The molecule has 1 fully saturated rings. The Morgan fingerprint density at radius 1 is 1.32 bits per heavy atom. The molecule has 0 amide bonds. The second kappa shape index (κ2) is 6.19. The van der Waals surface area contributed by atoms with Gasteiger partial charge in [0.25, 0.3) is 10.2 Å². The van der Waals surface area contributed by atoms with E-state index in [1.807, 2.05) is 0 Å². The molecule has 1 aliphatic heterocycles.